The van der Waals surface area contributed by atoms with E-state index in [9.17, 15) is 4.79 Å². The summed E-state index contributed by atoms with van der Waals surface area (Å²) in [4.78, 5) is 17.0. The number of hydrogen-bond acceptors (Lipinski definition) is 3. The molecule has 5 heteroatoms. The second kappa shape index (κ2) is 6.54. The molecule has 0 radical (unpaired) electrons. The maximum atomic E-state index is 12.4. The lowest BCUT2D eigenvalue weighted by molar-refractivity contribution is -0.129. The standard InChI is InChI=1S/C16H23N3OS/c1-11-9-19(10-14(11)18(2)3)15(20)8-12-4-6-13(7-5-12)16(17)21/h4-7,11,14H,8-10H2,1-3H3,(H2,17,21). The van der Waals surface area contributed by atoms with Gasteiger partial charge in [-0.25, -0.2) is 0 Å². The Morgan fingerprint density at radius 3 is 2.43 bits per heavy atom. The molecular formula is C16H23N3OS. The van der Waals surface area contributed by atoms with E-state index >= 15 is 0 Å². The van der Waals surface area contributed by atoms with Crippen LogP contribution < -0.4 is 5.73 Å². The maximum Gasteiger partial charge on any atom is 0.227 e. The maximum absolute atomic E-state index is 12.4. The van der Waals surface area contributed by atoms with Crippen LogP contribution in [-0.2, 0) is 11.2 Å². The van der Waals surface area contributed by atoms with E-state index in [0.717, 1.165) is 24.2 Å². The van der Waals surface area contributed by atoms with Crippen LogP contribution in [0.15, 0.2) is 24.3 Å². The predicted octanol–water partition coefficient (Wildman–Crippen LogP) is 1.27. The third-order valence-electron chi connectivity index (χ3n) is 4.18. The van der Waals surface area contributed by atoms with Crippen LogP contribution in [0.5, 0.6) is 0 Å². The number of hydrogen-bond donors (Lipinski definition) is 1. The van der Waals surface area contributed by atoms with Gasteiger partial charge in [0, 0.05) is 24.7 Å². The van der Waals surface area contributed by atoms with Crippen molar-refractivity contribution in [1.29, 1.82) is 0 Å². The molecule has 1 aliphatic heterocycles. The topological polar surface area (TPSA) is 49.6 Å². The van der Waals surface area contributed by atoms with Gasteiger partial charge in [-0.05, 0) is 25.6 Å². The number of benzene rings is 1. The van der Waals surface area contributed by atoms with E-state index in [1.54, 1.807) is 0 Å². The largest absolute Gasteiger partial charge is 0.389 e. The highest BCUT2D eigenvalue weighted by Gasteiger charge is 2.33. The highest BCUT2D eigenvalue weighted by Crippen LogP contribution is 2.21. The molecule has 2 atom stereocenters. The number of amides is 1. The van der Waals surface area contributed by atoms with Crippen molar-refractivity contribution in [1.82, 2.24) is 9.80 Å². The quantitative estimate of drug-likeness (QED) is 0.851. The molecular weight excluding hydrogens is 282 g/mol. The third-order valence-corrected chi connectivity index (χ3v) is 4.42. The Morgan fingerprint density at radius 2 is 1.95 bits per heavy atom. The Kier molecular flexibility index (Phi) is 4.96. The van der Waals surface area contributed by atoms with Gasteiger partial charge in [-0.2, -0.15) is 0 Å². The van der Waals surface area contributed by atoms with Crippen LogP contribution in [0.25, 0.3) is 0 Å². The minimum Gasteiger partial charge on any atom is -0.389 e. The van der Waals surface area contributed by atoms with Gasteiger partial charge in [-0.1, -0.05) is 43.4 Å². The fraction of sp³-hybridized carbons (Fsp3) is 0.500. The van der Waals surface area contributed by atoms with Crippen molar-refractivity contribution in [2.45, 2.75) is 19.4 Å². The van der Waals surface area contributed by atoms with Crippen molar-refractivity contribution in [2.75, 3.05) is 27.2 Å². The van der Waals surface area contributed by atoms with Crippen LogP contribution in [0.3, 0.4) is 0 Å². The number of carbonyl (C=O) groups excluding carboxylic acids is 1. The second-order valence-corrected chi connectivity index (χ2v) is 6.48. The summed E-state index contributed by atoms with van der Waals surface area (Å²) in [5, 5.41) is 0. The zero-order chi connectivity index (χ0) is 15.6. The van der Waals surface area contributed by atoms with Crippen molar-refractivity contribution in [3.8, 4) is 0 Å². The van der Waals surface area contributed by atoms with Gasteiger partial charge in [-0.15, -0.1) is 0 Å². The molecule has 2 rings (SSSR count). The van der Waals surface area contributed by atoms with Crippen molar-refractivity contribution in [3.63, 3.8) is 0 Å². The molecule has 21 heavy (non-hydrogen) atoms. The number of likely N-dealkylation sites (N-methyl/N-ethyl adjacent to an activating group) is 1. The van der Waals surface area contributed by atoms with Crippen molar-refractivity contribution < 1.29 is 4.79 Å². The Bertz CT molecular complexity index is 527. The summed E-state index contributed by atoms with van der Waals surface area (Å²) in [7, 11) is 4.15. The van der Waals surface area contributed by atoms with Gasteiger partial charge >= 0.3 is 0 Å². The van der Waals surface area contributed by atoms with E-state index in [1.165, 1.54) is 0 Å². The molecule has 0 spiro atoms. The summed E-state index contributed by atoms with van der Waals surface area (Å²) < 4.78 is 0. The summed E-state index contributed by atoms with van der Waals surface area (Å²) in [5.41, 5.74) is 7.41. The first-order chi connectivity index (χ1) is 9.88. The lowest BCUT2D eigenvalue weighted by Crippen LogP contribution is -2.36. The zero-order valence-electron chi connectivity index (χ0n) is 12.9. The molecule has 0 aliphatic carbocycles. The van der Waals surface area contributed by atoms with E-state index in [-0.39, 0.29) is 5.91 Å². The van der Waals surface area contributed by atoms with Crippen LogP contribution in [0.4, 0.5) is 0 Å². The average Bonchev–Trinajstić information content (AvgIpc) is 2.81. The SMILES string of the molecule is CC1CN(C(=O)Cc2ccc(C(N)=S)cc2)CC1N(C)C. The molecule has 1 aromatic rings. The fourth-order valence-electron chi connectivity index (χ4n) is 2.90. The molecule has 1 aromatic carbocycles. The van der Waals surface area contributed by atoms with E-state index in [0.29, 0.717) is 23.4 Å². The molecule has 0 aromatic heterocycles. The highest BCUT2D eigenvalue weighted by molar-refractivity contribution is 7.80. The number of rotatable bonds is 4. The first-order valence-electron chi connectivity index (χ1n) is 7.21. The van der Waals surface area contributed by atoms with Crippen LogP contribution in [0.1, 0.15) is 18.1 Å². The van der Waals surface area contributed by atoms with E-state index in [4.69, 9.17) is 18.0 Å². The smallest absolute Gasteiger partial charge is 0.227 e. The minimum atomic E-state index is 0.189. The van der Waals surface area contributed by atoms with E-state index < -0.39 is 0 Å². The number of nitrogens with two attached hydrogens (primary N) is 1. The van der Waals surface area contributed by atoms with Crippen LogP contribution in [0, 0.1) is 5.92 Å². The molecule has 0 bridgehead atoms. The number of thiocarbonyl (C=S) groups is 1. The van der Waals surface area contributed by atoms with Gasteiger partial charge in [0.1, 0.15) is 4.99 Å². The van der Waals surface area contributed by atoms with Gasteiger partial charge in [0.15, 0.2) is 0 Å². The molecule has 1 amide bonds. The second-order valence-electron chi connectivity index (χ2n) is 6.04. The minimum absolute atomic E-state index is 0.189. The zero-order valence-corrected chi connectivity index (χ0v) is 13.7. The fourth-order valence-corrected chi connectivity index (χ4v) is 3.03. The summed E-state index contributed by atoms with van der Waals surface area (Å²) >= 11 is 4.93. The van der Waals surface area contributed by atoms with E-state index in [1.807, 2.05) is 29.2 Å². The molecule has 2 N–H and O–H groups in total. The Labute approximate surface area is 131 Å². The lowest BCUT2D eigenvalue weighted by atomic mass is 10.1. The van der Waals surface area contributed by atoms with Gasteiger partial charge in [0.05, 0.1) is 6.42 Å². The Balaban J connectivity index is 1.97. The molecule has 1 saturated heterocycles. The van der Waals surface area contributed by atoms with Crippen molar-refractivity contribution in [2.24, 2.45) is 11.7 Å². The van der Waals surface area contributed by atoms with Crippen molar-refractivity contribution >= 4 is 23.1 Å². The average molecular weight is 305 g/mol. The molecule has 2 unspecified atom stereocenters. The van der Waals surface area contributed by atoms with Gasteiger partial charge < -0.3 is 15.5 Å². The molecule has 1 aliphatic rings. The van der Waals surface area contributed by atoms with E-state index in [2.05, 4.69) is 25.9 Å². The molecule has 4 nitrogen and oxygen atoms in total. The third kappa shape index (κ3) is 3.80. The molecule has 1 heterocycles. The molecule has 114 valence electrons. The first kappa shape index (κ1) is 15.9. The molecule has 0 saturated carbocycles. The van der Waals surface area contributed by atoms with Crippen LogP contribution >= 0.6 is 12.2 Å². The van der Waals surface area contributed by atoms with Gasteiger partial charge in [0.25, 0.3) is 0 Å². The number of likely N-dealkylation sites (tertiary alicyclic amines) is 1. The molecule has 1 fully saturated rings. The summed E-state index contributed by atoms with van der Waals surface area (Å²) in [6.45, 7) is 3.86. The van der Waals surface area contributed by atoms with Gasteiger partial charge in [-0.3, -0.25) is 4.79 Å². The summed E-state index contributed by atoms with van der Waals surface area (Å²) in [6, 6.07) is 8.05. The van der Waals surface area contributed by atoms with Crippen LogP contribution in [0.2, 0.25) is 0 Å². The van der Waals surface area contributed by atoms with Crippen molar-refractivity contribution in [3.05, 3.63) is 35.4 Å². The number of carbonyl (C=O) groups is 1. The first-order valence-corrected chi connectivity index (χ1v) is 7.62. The highest BCUT2D eigenvalue weighted by atomic mass is 32.1. The van der Waals surface area contributed by atoms with Crippen LogP contribution in [-0.4, -0.2) is 53.9 Å². The Morgan fingerprint density at radius 1 is 1.33 bits per heavy atom. The Hall–Kier alpha value is -1.46. The predicted molar refractivity (Wildman–Crippen MR) is 89.3 cm³/mol. The summed E-state index contributed by atoms with van der Waals surface area (Å²) in [6.07, 6.45) is 0.435. The monoisotopic (exact) mass is 305 g/mol. The van der Waals surface area contributed by atoms with Gasteiger partial charge in [0.2, 0.25) is 5.91 Å². The number of nitrogens with zero attached hydrogens (tertiary/aromatic N) is 2. The lowest BCUT2D eigenvalue weighted by Gasteiger charge is -2.22. The normalized spacial score (nSPS) is 21.8. The summed E-state index contributed by atoms with van der Waals surface area (Å²) in [5.74, 6) is 0.704.